The topological polar surface area (TPSA) is 131 Å². The summed E-state index contributed by atoms with van der Waals surface area (Å²) in [5, 5.41) is 5.55. The Hall–Kier alpha value is -4.32. The van der Waals surface area contributed by atoms with Gasteiger partial charge in [-0.15, -0.1) is 6.42 Å². The van der Waals surface area contributed by atoms with Gasteiger partial charge >= 0.3 is 6.09 Å². The molecular formula is C34H46N4O5. The maximum atomic E-state index is 14.5. The number of alkyl carbamates (subject to hydrolysis) is 1. The van der Waals surface area contributed by atoms with Crippen molar-refractivity contribution in [3.8, 4) is 12.3 Å². The molecule has 0 aliphatic carbocycles. The SMILES string of the molecule is C#Cc1ccccc1C(C(=O)Nc1c(C)cccc1C)N(C(=O)C(CC(N)=O)NC(=O)OC(C)(C)C)C(C)CCC(C)C. The molecule has 0 aliphatic rings. The van der Waals surface area contributed by atoms with E-state index < -0.39 is 54.0 Å². The van der Waals surface area contributed by atoms with Gasteiger partial charge in [0, 0.05) is 17.3 Å². The van der Waals surface area contributed by atoms with Gasteiger partial charge in [0.1, 0.15) is 17.7 Å². The molecule has 9 heteroatoms. The summed E-state index contributed by atoms with van der Waals surface area (Å²) in [7, 11) is 0. The Balaban J connectivity index is 2.75. The Kier molecular flexibility index (Phi) is 12.4. The van der Waals surface area contributed by atoms with Crippen molar-refractivity contribution in [2.45, 2.75) is 98.4 Å². The average Bonchev–Trinajstić information content (AvgIpc) is 2.90. The third kappa shape index (κ3) is 10.2. The summed E-state index contributed by atoms with van der Waals surface area (Å²) in [6, 6.07) is 9.50. The number of terminal acetylenes is 1. The quantitative estimate of drug-likeness (QED) is 0.286. The molecule has 0 radical (unpaired) electrons. The van der Waals surface area contributed by atoms with Crippen LogP contribution in [0.5, 0.6) is 0 Å². The van der Waals surface area contributed by atoms with Gasteiger partial charge in [0.15, 0.2) is 0 Å². The van der Waals surface area contributed by atoms with Gasteiger partial charge in [-0.2, -0.15) is 0 Å². The molecule has 3 unspecified atom stereocenters. The fourth-order valence-electron chi connectivity index (χ4n) is 4.83. The van der Waals surface area contributed by atoms with E-state index in [0.29, 0.717) is 29.2 Å². The van der Waals surface area contributed by atoms with Gasteiger partial charge in [-0.25, -0.2) is 4.79 Å². The van der Waals surface area contributed by atoms with Crippen molar-refractivity contribution < 1.29 is 23.9 Å². The van der Waals surface area contributed by atoms with Gasteiger partial charge in [-0.3, -0.25) is 14.4 Å². The maximum Gasteiger partial charge on any atom is 0.408 e. The number of rotatable bonds is 12. The molecular weight excluding hydrogens is 544 g/mol. The van der Waals surface area contributed by atoms with E-state index in [4.69, 9.17) is 16.9 Å². The lowest BCUT2D eigenvalue weighted by Crippen LogP contribution is -2.56. The second kappa shape index (κ2) is 15.2. The fraction of sp³-hybridized carbons (Fsp3) is 0.471. The van der Waals surface area contributed by atoms with E-state index in [9.17, 15) is 19.2 Å². The average molecular weight is 591 g/mol. The molecule has 2 aromatic carbocycles. The van der Waals surface area contributed by atoms with Crippen LogP contribution >= 0.6 is 0 Å². The van der Waals surface area contributed by atoms with Gasteiger partial charge in [0.05, 0.1) is 6.42 Å². The van der Waals surface area contributed by atoms with Gasteiger partial charge in [-0.05, 0) is 83.1 Å². The highest BCUT2D eigenvalue weighted by Gasteiger charge is 2.40. The van der Waals surface area contributed by atoms with Crippen molar-refractivity contribution in [1.82, 2.24) is 10.2 Å². The van der Waals surface area contributed by atoms with Crippen molar-refractivity contribution >= 4 is 29.5 Å². The van der Waals surface area contributed by atoms with Crippen LogP contribution in [0.1, 0.15) is 89.1 Å². The molecule has 43 heavy (non-hydrogen) atoms. The Morgan fingerprint density at radius 3 is 2.12 bits per heavy atom. The maximum absolute atomic E-state index is 14.5. The van der Waals surface area contributed by atoms with E-state index in [-0.39, 0.29) is 0 Å². The molecule has 0 aliphatic heterocycles. The smallest absolute Gasteiger partial charge is 0.408 e. The van der Waals surface area contributed by atoms with Gasteiger partial charge < -0.3 is 26.0 Å². The molecule has 3 atom stereocenters. The third-order valence-corrected chi connectivity index (χ3v) is 6.95. The van der Waals surface area contributed by atoms with E-state index in [1.807, 2.05) is 39.0 Å². The molecule has 2 aromatic rings. The zero-order valence-electron chi connectivity index (χ0n) is 26.6. The normalized spacial score (nSPS) is 13.3. The minimum atomic E-state index is -1.39. The van der Waals surface area contributed by atoms with Crippen LogP contribution in [0.3, 0.4) is 0 Å². The number of aryl methyl sites for hydroxylation is 2. The molecule has 0 saturated heterocycles. The predicted molar refractivity (Wildman–Crippen MR) is 169 cm³/mol. The highest BCUT2D eigenvalue weighted by Crippen LogP contribution is 2.32. The predicted octanol–water partition coefficient (Wildman–Crippen LogP) is 5.39. The van der Waals surface area contributed by atoms with Crippen molar-refractivity contribution in [1.29, 1.82) is 0 Å². The number of carbonyl (C=O) groups is 4. The number of anilines is 1. The van der Waals surface area contributed by atoms with Crippen molar-refractivity contribution in [3.63, 3.8) is 0 Å². The molecule has 0 saturated carbocycles. The van der Waals surface area contributed by atoms with Crippen molar-refractivity contribution in [2.24, 2.45) is 11.7 Å². The number of hydrogen-bond acceptors (Lipinski definition) is 5. The molecule has 4 amide bonds. The van der Waals surface area contributed by atoms with E-state index in [0.717, 1.165) is 17.5 Å². The van der Waals surface area contributed by atoms with Crippen molar-refractivity contribution in [3.05, 3.63) is 64.7 Å². The van der Waals surface area contributed by atoms with E-state index >= 15 is 0 Å². The summed E-state index contributed by atoms with van der Waals surface area (Å²) < 4.78 is 5.37. The van der Waals surface area contributed by atoms with E-state index in [1.54, 1.807) is 45.0 Å². The van der Waals surface area contributed by atoms with Crippen LogP contribution in [-0.4, -0.2) is 46.4 Å². The monoisotopic (exact) mass is 590 g/mol. The first-order valence-corrected chi connectivity index (χ1v) is 14.6. The van der Waals surface area contributed by atoms with Crippen LogP contribution in [0.25, 0.3) is 0 Å². The lowest BCUT2D eigenvalue weighted by Gasteiger charge is -2.39. The highest BCUT2D eigenvalue weighted by atomic mass is 16.6. The number of nitrogens with zero attached hydrogens (tertiary/aromatic N) is 1. The number of ether oxygens (including phenoxy) is 1. The molecule has 0 heterocycles. The summed E-state index contributed by atoms with van der Waals surface area (Å²) in [6.45, 7) is 14.8. The van der Waals surface area contributed by atoms with E-state index in [1.165, 1.54) is 4.90 Å². The number of amides is 4. The molecule has 0 aromatic heterocycles. The first kappa shape index (κ1) is 34.9. The summed E-state index contributed by atoms with van der Waals surface area (Å²) in [6.07, 6.45) is 5.79. The van der Waals surface area contributed by atoms with Gasteiger partial charge in [-0.1, -0.05) is 56.2 Å². The number of hydrogen-bond donors (Lipinski definition) is 3. The molecule has 0 bridgehead atoms. The number of benzene rings is 2. The van der Waals surface area contributed by atoms with Crippen LogP contribution in [-0.2, 0) is 19.1 Å². The first-order chi connectivity index (χ1) is 20.0. The minimum Gasteiger partial charge on any atom is -0.444 e. The zero-order chi connectivity index (χ0) is 32.5. The Morgan fingerprint density at radius 2 is 1.58 bits per heavy atom. The van der Waals surface area contributed by atoms with Crippen LogP contribution in [0.15, 0.2) is 42.5 Å². The first-order valence-electron chi connectivity index (χ1n) is 14.6. The Bertz CT molecular complexity index is 1340. The minimum absolute atomic E-state index is 0.320. The molecule has 2 rings (SSSR count). The summed E-state index contributed by atoms with van der Waals surface area (Å²) in [5.74, 6) is 1.01. The standard InChI is InChI=1S/C34H46N4O5/c1-10-25-16-11-12-17-26(25)30(31(40)37-29-22(4)14-13-15-23(29)5)38(24(6)19-18-21(2)3)32(41)27(20-28(35)39)36-33(42)43-34(7,8)9/h1,11-17,21,24,27,30H,18-20H2,2-9H3,(H2,35,39)(H,36,42)(H,37,40). The summed E-state index contributed by atoms with van der Waals surface area (Å²) in [5.41, 5.74) is 7.87. The molecule has 0 fully saturated rings. The summed E-state index contributed by atoms with van der Waals surface area (Å²) >= 11 is 0. The second-order valence-electron chi connectivity index (χ2n) is 12.3. The number of nitrogens with one attached hydrogen (secondary N) is 2. The highest BCUT2D eigenvalue weighted by molar-refractivity contribution is 6.01. The second-order valence-corrected chi connectivity index (χ2v) is 12.3. The lowest BCUT2D eigenvalue weighted by molar-refractivity contribution is -0.144. The summed E-state index contributed by atoms with van der Waals surface area (Å²) in [4.78, 5) is 55.2. The Morgan fingerprint density at radius 1 is 0.977 bits per heavy atom. The molecule has 0 spiro atoms. The third-order valence-electron chi connectivity index (χ3n) is 6.95. The largest absolute Gasteiger partial charge is 0.444 e. The molecule has 9 nitrogen and oxygen atoms in total. The number of carbonyl (C=O) groups excluding carboxylic acids is 4. The van der Waals surface area contributed by atoms with Crippen LogP contribution in [0.2, 0.25) is 0 Å². The number of nitrogens with two attached hydrogens (primary N) is 1. The molecule has 232 valence electrons. The Labute approximate surface area is 255 Å². The van der Waals surface area contributed by atoms with Crippen LogP contribution in [0.4, 0.5) is 10.5 Å². The van der Waals surface area contributed by atoms with Gasteiger partial charge in [0.2, 0.25) is 11.8 Å². The van der Waals surface area contributed by atoms with E-state index in [2.05, 4.69) is 30.4 Å². The lowest BCUT2D eigenvalue weighted by atomic mass is 9.93. The number of primary amides is 1. The fourth-order valence-corrected chi connectivity index (χ4v) is 4.83. The number of para-hydroxylation sites is 1. The zero-order valence-corrected chi connectivity index (χ0v) is 26.6. The van der Waals surface area contributed by atoms with Crippen LogP contribution in [0, 0.1) is 32.1 Å². The van der Waals surface area contributed by atoms with Crippen LogP contribution < -0.4 is 16.4 Å². The van der Waals surface area contributed by atoms with Gasteiger partial charge in [0.25, 0.3) is 5.91 Å². The van der Waals surface area contributed by atoms with Crippen molar-refractivity contribution in [2.75, 3.05) is 5.32 Å². The molecule has 4 N–H and O–H groups in total.